The summed E-state index contributed by atoms with van der Waals surface area (Å²) in [6.07, 6.45) is 6.12. The van der Waals surface area contributed by atoms with E-state index in [4.69, 9.17) is 9.47 Å². The van der Waals surface area contributed by atoms with Crippen LogP contribution in [0.15, 0.2) is 60.9 Å². The van der Waals surface area contributed by atoms with E-state index in [1.54, 1.807) is 24.3 Å². The molecule has 2 aliphatic rings. The highest BCUT2D eigenvalue weighted by Crippen LogP contribution is 2.33. The quantitative estimate of drug-likeness (QED) is 0.219. The van der Waals surface area contributed by atoms with Gasteiger partial charge in [-0.1, -0.05) is 24.3 Å². The lowest BCUT2D eigenvalue weighted by molar-refractivity contribution is -0.116. The minimum atomic E-state index is -0.540. The smallest absolute Gasteiger partial charge is 0.407 e. The molecule has 0 bridgehead atoms. The Bertz CT molecular complexity index is 1380. The van der Waals surface area contributed by atoms with Crippen LogP contribution in [0.25, 0.3) is 0 Å². The molecule has 3 atom stereocenters. The molecule has 45 heavy (non-hydrogen) atoms. The Balaban J connectivity index is 1.13. The summed E-state index contributed by atoms with van der Waals surface area (Å²) in [5.41, 5.74) is 1.94. The number of benzene rings is 2. The van der Waals surface area contributed by atoms with Crippen molar-refractivity contribution >= 4 is 17.7 Å². The van der Waals surface area contributed by atoms with Gasteiger partial charge >= 0.3 is 6.09 Å². The van der Waals surface area contributed by atoms with E-state index in [0.717, 1.165) is 25.5 Å². The molecule has 1 aliphatic heterocycles. The molecule has 1 saturated carbocycles. The molecule has 11 heteroatoms. The number of aliphatic hydroxyl groups excluding tert-OH is 1. The van der Waals surface area contributed by atoms with E-state index in [2.05, 4.69) is 15.6 Å². The number of pyridine rings is 1. The van der Waals surface area contributed by atoms with Crippen molar-refractivity contribution in [2.45, 2.75) is 63.0 Å². The number of rotatable bonds is 13. The first kappa shape index (κ1) is 32.4. The third-order valence-electron chi connectivity index (χ3n) is 8.54. The molecule has 1 aromatic heterocycles. The summed E-state index contributed by atoms with van der Waals surface area (Å²) >= 11 is 0. The Morgan fingerprint density at radius 2 is 1.62 bits per heavy atom. The zero-order valence-electron chi connectivity index (χ0n) is 24.9. The van der Waals surface area contributed by atoms with E-state index >= 15 is 0 Å². The average molecular weight is 626 g/mol. The van der Waals surface area contributed by atoms with Gasteiger partial charge in [-0.3, -0.25) is 9.78 Å². The van der Waals surface area contributed by atoms with Crippen molar-refractivity contribution in [3.05, 3.63) is 95.1 Å². The van der Waals surface area contributed by atoms with Crippen LogP contribution in [0.4, 0.5) is 23.7 Å². The molecule has 1 unspecified atom stereocenters. The Kier molecular flexibility index (Phi) is 11.1. The number of anilines is 1. The summed E-state index contributed by atoms with van der Waals surface area (Å²) in [4.78, 5) is 29.3. The summed E-state index contributed by atoms with van der Waals surface area (Å²) in [7, 11) is 0. The van der Waals surface area contributed by atoms with Gasteiger partial charge in [0.25, 0.3) is 0 Å². The summed E-state index contributed by atoms with van der Waals surface area (Å²) in [6.45, 7) is 0.512. The zero-order chi connectivity index (χ0) is 31.8. The first-order valence-electron chi connectivity index (χ1n) is 15.4. The standard InChI is InChI=1S/C34H38F3N3O5/c35-25-8-4-22(5-9-25)29(23-6-10-26(36)11-7-23)15-33(42)39-31-17-38-16-30(37)28(31)14-13-27-12-1-21(19-44-27)20-45-34(43)40-32(18-41)24-2-3-24/h4-11,16-17,21,24,27,29,32,41H,1-3,12-15,18-20H2,(H,39,42)(H,40,43)/t21-,27-,32?/m0/s1. The predicted octanol–water partition coefficient (Wildman–Crippen LogP) is 5.88. The fourth-order valence-electron chi connectivity index (χ4n) is 5.75. The van der Waals surface area contributed by atoms with Gasteiger partial charge < -0.3 is 25.2 Å². The number of aliphatic hydroxyl groups is 1. The lowest BCUT2D eigenvalue weighted by Gasteiger charge is -2.29. The zero-order valence-corrected chi connectivity index (χ0v) is 24.9. The monoisotopic (exact) mass is 625 g/mol. The lowest BCUT2D eigenvalue weighted by atomic mass is 9.88. The molecule has 2 heterocycles. The minimum Gasteiger partial charge on any atom is -0.449 e. The molecular weight excluding hydrogens is 587 g/mol. The lowest BCUT2D eigenvalue weighted by Crippen LogP contribution is -2.40. The number of hydrogen-bond donors (Lipinski definition) is 3. The number of carbonyl (C=O) groups is 2. The van der Waals surface area contributed by atoms with E-state index in [1.165, 1.54) is 30.5 Å². The number of aromatic nitrogens is 1. The topological polar surface area (TPSA) is 110 Å². The minimum absolute atomic E-state index is 0.0400. The summed E-state index contributed by atoms with van der Waals surface area (Å²) in [6, 6.07) is 11.3. The molecule has 0 spiro atoms. The van der Waals surface area contributed by atoms with Crippen LogP contribution in [0.2, 0.25) is 0 Å². The number of amides is 2. The van der Waals surface area contributed by atoms with Crippen LogP contribution < -0.4 is 10.6 Å². The van der Waals surface area contributed by atoms with E-state index in [9.17, 15) is 27.9 Å². The average Bonchev–Trinajstić information content (AvgIpc) is 3.88. The van der Waals surface area contributed by atoms with Crippen LogP contribution in [-0.4, -0.2) is 54.1 Å². The number of alkyl carbamates (subject to hydrolysis) is 1. The van der Waals surface area contributed by atoms with Gasteiger partial charge in [0, 0.05) is 23.8 Å². The van der Waals surface area contributed by atoms with E-state index in [1.807, 2.05) is 0 Å². The highest BCUT2D eigenvalue weighted by molar-refractivity contribution is 5.92. The van der Waals surface area contributed by atoms with Crippen molar-refractivity contribution in [2.24, 2.45) is 11.8 Å². The van der Waals surface area contributed by atoms with Crippen molar-refractivity contribution in [1.29, 1.82) is 0 Å². The number of nitrogens with one attached hydrogen (secondary N) is 2. The summed E-state index contributed by atoms with van der Waals surface area (Å²) in [5, 5.41) is 14.9. The van der Waals surface area contributed by atoms with Gasteiger partial charge in [-0.15, -0.1) is 0 Å². The Hall–Kier alpha value is -3.96. The van der Waals surface area contributed by atoms with Crippen LogP contribution in [0.1, 0.15) is 61.1 Å². The molecule has 2 aromatic carbocycles. The largest absolute Gasteiger partial charge is 0.449 e. The predicted molar refractivity (Wildman–Crippen MR) is 161 cm³/mol. The van der Waals surface area contributed by atoms with Gasteiger partial charge in [0.1, 0.15) is 17.5 Å². The van der Waals surface area contributed by atoms with Crippen LogP contribution in [-0.2, 0) is 20.7 Å². The second-order valence-corrected chi connectivity index (χ2v) is 11.9. The number of ether oxygens (including phenoxy) is 2. The second-order valence-electron chi connectivity index (χ2n) is 11.9. The Labute approximate surface area is 260 Å². The number of hydrogen-bond acceptors (Lipinski definition) is 6. The fraction of sp³-hybridized carbons (Fsp3) is 0.441. The van der Waals surface area contributed by atoms with Crippen LogP contribution in [0.3, 0.4) is 0 Å². The molecule has 1 saturated heterocycles. The van der Waals surface area contributed by atoms with Crippen molar-refractivity contribution in [2.75, 3.05) is 25.1 Å². The molecule has 1 aliphatic carbocycles. The maximum Gasteiger partial charge on any atom is 0.407 e. The fourth-order valence-corrected chi connectivity index (χ4v) is 5.75. The molecule has 240 valence electrons. The van der Waals surface area contributed by atoms with Gasteiger partial charge in [-0.05, 0) is 79.8 Å². The Morgan fingerprint density at radius 1 is 0.956 bits per heavy atom. The molecule has 8 nitrogen and oxygen atoms in total. The molecule has 0 radical (unpaired) electrons. The third-order valence-corrected chi connectivity index (χ3v) is 8.54. The number of nitrogens with zero attached hydrogens (tertiary/aromatic N) is 1. The first-order chi connectivity index (χ1) is 21.8. The van der Waals surface area contributed by atoms with Gasteiger partial charge in [0.05, 0.1) is 50.0 Å². The van der Waals surface area contributed by atoms with Crippen molar-refractivity contribution in [3.63, 3.8) is 0 Å². The molecular formula is C34H38F3N3O5. The first-order valence-corrected chi connectivity index (χ1v) is 15.4. The second kappa shape index (κ2) is 15.4. The van der Waals surface area contributed by atoms with E-state index in [-0.39, 0.29) is 43.4 Å². The SMILES string of the molecule is O=C(CC(c1ccc(F)cc1)c1ccc(F)cc1)Nc1cncc(F)c1CC[C@@H]1CC[C@H](COC(=O)NC(CO)C2CC2)CO1. The number of carbonyl (C=O) groups excluding carboxylic acids is 2. The Morgan fingerprint density at radius 3 is 2.20 bits per heavy atom. The molecule has 3 N–H and O–H groups in total. The van der Waals surface area contributed by atoms with Gasteiger partial charge in [0.2, 0.25) is 5.91 Å². The normalized spacial score (nSPS) is 18.8. The highest BCUT2D eigenvalue weighted by atomic mass is 19.1. The maximum absolute atomic E-state index is 14.9. The van der Waals surface area contributed by atoms with Gasteiger partial charge in [-0.25, -0.2) is 18.0 Å². The highest BCUT2D eigenvalue weighted by Gasteiger charge is 2.32. The van der Waals surface area contributed by atoms with Crippen molar-refractivity contribution < 1.29 is 37.3 Å². The third kappa shape index (κ3) is 9.27. The molecule has 2 amide bonds. The van der Waals surface area contributed by atoms with Crippen LogP contribution in [0.5, 0.6) is 0 Å². The van der Waals surface area contributed by atoms with Gasteiger partial charge in [0.15, 0.2) is 0 Å². The van der Waals surface area contributed by atoms with Crippen molar-refractivity contribution in [1.82, 2.24) is 10.3 Å². The van der Waals surface area contributed by atoms with Gasteiger partial charge in [-0.2, -0.15) is 0 Å². The molecule has 3 aromatic rings. The molecule has 2 fully saturated rings. The summed E-state index contributed by atoms with van der Waals surface area (Å²) < 4.78 is 53.5. The van der Waals surface area contributed by atoms with E-state index in [0.29, 0.717) is 48.5 Å². The van der Waals surface area contributed by atoms with E-state index < -0.39 is 35.4 Å². The summed E-state index contributed by atoms with van der Waals surface area (Å²) in [5.74, 6) is -1.88. The van der Waals surface area contributed by atoms with Crippen LogP contribution in [0, 0.1) is 29.3 Å². The maximum atomic E-state index is 14.9. The van der Waals surface area contributed by atoms with Crippen LogP contribution >= 0.6 is 0 Å². The molecule has 5 rings (SSSR count). The number of halogens is 3. The van der Waals surface area contributed by atoms with Crippen molar-refractivity contribution in [3.8, 4) is 0 Å².